The minimum Gasteiger partial charge on any atom is -0.339 e. The van der Waals surface area contributed by atoms with Gasteiger partial charge < -0.3 is 4.90 Å². The molecule has 1 aromatic carbocycles. The Labute approximate surface area is 110 Å². The second kappa shape index (κ2) is 7.00. The summed E-state index contributed by atoms with van der Waals surface area (Å²) in [5.41, 5.74) is 2.83. The van der Waals surface area contributed by atoms with Crippen LogP contribution in [0, 0.1) is 6.92 Å². The van der Waals surface area contributed by atoms with Gasteiger partial charge in [-0.15, -0.1) is 0 Å². The molecule has 0 aliphatic carbocycles. The molecule has 0 aromatic heterocycles. The van der Waals surface area contributed by atoms with E-state index in [4.69, 9.17) is 0 Å². The van der Waals surface area contributed by atoms with Gasteiger partial charge in [-0.05, 0) is 37.0 Å². The van der Waals surface area contributed by atoms with Crippen molar-refractivity contribution >= 4 is 12.0 Å². The first-order valence-corrected chi connectivity index (χ1v) is 6.67. The Kier molecular flexibility index (Phi) is 5.63. The van der Waals surface area contributed by atoms with Crippen LogP contribution in [0.15, 0.2) is 24.8 Å². The number of carbonyl (C=O) groups is 1. The molecule has 0 spiro atoms. The largest absolute Gasteiger partial charge is 0.339 e. The van der Waals surface area contributed by atoms with Gasteiger partial charge in [0.1, 0.15) is 0 Å². The van der Waals surface area contributed by atoms with Gasteiger partial charge in [0.05, 0.1) is 0 Å². The van der Waals surface area contributed by atoms with Gasteiger partial charge in [0, 0.05) is 18.7 Å². The molecule has 0 saturated heterocycles. The smallest absolute Gasteiger partial charge is 0.254 e. The fourth-order valence-corrected chi connectivity index (χ4v) is 2.16. The molecular weight excluding hydrogens is 222 g/mol. The zero-order valence-corrected chi connectivity index (χ0v) is 11.7. The molecule has 0 fully saturated rings. The number of aryl methyl sites for hydroxylation is 1. The Morgan fingerprint density at radius 1 is 1.28 bits per heavy atom. The number of hydrogen-bond acceptors (Lipinski definition) is 1. The van der Waals surface area contributed by atoms with Crippen LogP contribution in [0.5, 0.6) is 0 Å². The molecule has 0 N–H and O–H groups in total. The van der Waals surface area contributed by atoms with Gasteiger partial charge in [-0.2, -0.15) is 0 Å². The van der Waals surface area contributed by atoms with E-state index in [-0.39, 0.29) is 5.91 Å². The highest BCUT2D eigenvalue weighted by Gasteiger charge is 2.17. The summed E-state index contributed by atoms with van der Waals surface area (Å²) in [4.78, 5) is 14.5. The summed E-state index contributed by atoms with van der Waals surface area (Å²) >= 11 is 0. The predicted octanol–water partition coefficient (Wildman–Crippen LogP) is 3.90. The van der Waals surface area contributed by atoms with E-state index < -0.39 is 0 Å². The average Bonchev–Trinajstić information content (AvgIpc) is 2.37. The molecule has 0 atom stereocenters. The second-order valence-corrected chi connectivity index (χ2v) is 4.53. The molecule has 0 heterocycles. The molecule has 2 heteroatoms. The monoisotopic (exact) mass is 245 g/mol. The van der Waals surface area contributed by atoms with Crippen LogP contribution in [0.4, 0.5) is 0 Å². The van der Waals surface area contributed by atoms with Crippen LogP contribution in [-0.4, -0.2) is 23.9 Å². The first-order chi connectivity index (χ1) is 8.65. The molecule has 0 saturated carbocycles. The van der Waals surface area contributed by atoms with E-state index in [1.807, 2.05) is 30.0 Å². The number of hydrogen-bond donors (Lipinski definition) is 0. The summed E-state index contributed by atoms with van der Waals surface area (Å²) in [5, 5.41) is 0. The molecule has 1 rings (SSSR count). The van der Waals surface area contributed by atoms with E-state index >= 15 is 0 Å². The molecular formula is C16H23NO. The van der Waals surface area contributed by atoms with Crippen molar-refractivity contribution in [3.63, 3.8) is 0 Å². The third-order valence-corrected chi connectivity index (χ3v) is 3.03. The summed E-state index contributed by atoms with van der Waals surface area (Å²) in [6.45, 7) is 11.7. The summed E-state index contributed by atoms with van der Waals surface area (Å²) in [7, 11) is 0. The molecule has 0 bridgehead atoms. The lowest BCUT2D eigenvalue weighted by molar-refractivity contribution is 0.0755. The van der Waals surface area contributed by atoms with Crippen molar-refractivity contribution in [2.75, 3.05) is 13.1 Å². The number of amides is 1. The van der Waals surface area contributed by atoms with Gasteiger partial charge >= 0.3 is 0 Å². The van der Waals surface area contributed by atoms with Crippen LogP contribution in [0.1, 0.15) is 48.2 Å². The SMILES string of the molecule is C=Cc1c(C)cccc1C(=O)N(CCC)CCC. The molecule has 1 amide bonds. The molecule has 0 aliphatic heterocycles. The summed E-state index contributed by atoms with van der Waals surface area (Å²) in [6.07, 6.45) is 3.75. The van der Waals surface area contributed by atoms with Crippen LogP contribution < -0.4 is 0 Å². The maximum atomic E-state index is 12.5. The molecule has 0 aliphatic rings. The van der Waals surface area contributed by atoms with Crippen molar-refractivity contribution in [2.45, 2.75) is 33.6 Å². The third-order valence-electron chi connectivity index (χ3n) is 3.03. The Hall–Kier alpha value is -1.57. The summed E-state index contributed by atoms with van der Waals surface area (Å²) in [6, 6.07) is 5.84. The first kappa shape index (κ1) is 14.5. The quantitative estimate of drug-likeness (QED) is 0.744. The van der Waals surface area contributed by atoms with E-state index in [9.17, 15) is 4.79 Å². The molecule has 0 unspecified atom stereocenters. The van der Waals surface area contributed by atoms with Crippen molar-refractivity contribution < 1.29 is 4.79 Å². The minimum absolute atomic E-state index is 0.123. The Morgan fingerprint density at radius 3 is 2.39 bits per heavy atom. The van der Waals surface area contributed by atoms with E-state index in [1.54, 1.807) is 6.08 Å². The Morgan fingerprint density at radius 2 is 1.89 bits per heavy atom. The summed E-state index contributed by atoms with van der Waals surface area (Å²) in [5.74, 6) is 0.123. The number of benzene rings is 1. The fourth-order valence-electron chi connectivity index (χ4n) is 2.16. The van der Waals surface area contributed by atoms with Crippen molar-refractivity contribution in [3.8, 4) is 0 Å². The lowest BCUT2D eigenvalue weighted by Crippen LogP contribution is -2.33. The average molecular weight is 245 g/mol. The fraction of sp³-hybridized carbons (Fsp3) is 0.438. The highest BCUT2D eigenvalue weighted by molar-refractivity contribution is 5.98. The number of rotatable bonds is 6. The lowest BCUT2D eigenvalue weighted by atomic mass is 10.0. The Bertz CT molecular complexity index is 417. The highest BCUT2D eigenvalue weighted by atomic mass is 16.2. The number of nitrogens with zero attached hydrogens (tertiary/aromatic N) is 1. The predicted molar refractivity (Wildman–Crippen MR) is 77.8 cm³/mol. The zero-order chi connectivity index (χ0) is 13.5. The van der Waals surface area contributed by atoms with Crippen molar-refractivity contribution in [1.29, 1.82) is 0 Å². The summed E-state index contributed by atoms with van der Waals surface area (Å²) < 4.78 is 0. The van der Waals surface area contributed by atoms with Gasteiger partial charge in [0.2, 0.25) is 0 Å². The van der Waals surface area contributed by atoms with Crippen molar-refractivity contribution in [3.05, 3.63) is 41.5 Å². The topological polar surface area (TPSA) is 20.3 Å². The molecule has 0 radical (unpaired) electrons. The van der Waals surface area contributed by atoms with Crippen molar-refractivity contribution in [1.82, 2.24) is 4.90 Å². The maximum Gasteiger partial charge on any atom is 0.254 e. The van der Waals surface area contributed by atoms with Gasteiger partial charge in [-0.3, -0.25) is 4.79 Å². The van der Waals surface area contributed by atoms with Crippen LogP contribution in [-0.2, 0) is 0 Å². The molecule has 98 valence electrons. The van der Waals surface area contributed by atoms with Crippen LogP contribution in [0.2, 0.25) is 0 Å². The van der Waals surface area contributed by atoms with Gasteiger partial charge in [0.25, 0.3) is 5.91 Å². The highest BCUT2D eigenvalue weighted by Crippen LogP contribution is 2.18. The standard InChI is InChI=1S/C16H23NO/c1-5-11-17(12-6-2)16(18)15-10-8-9-13(4)14(15)7-3/h7-10H,3,5-6,11-12H2,1-2,4H3. The molecule has 2 nitrogen and oxygen atoms in total. The van der Waals surface area contributed by atoms with Crippen LogP contribution in [0.25, 0.3) is 6.08 Å². The Balaban J connectivity index is 3.07. The molecule has 1 aromatic rings. The first-order valence-electron chi connectivity index (χ1n) is 6.67. The second-order valence-electron chi connectivity index (χ2n) is 4.53. The van der Waals surface area contributed by atoms with E-state index in [1.165, 1.54) is 0 Å². The van der Waals surface area contributed by atoms with Crippen LogP contribution >= 0.6 is 0 Å². The van der Waals surface area contributed by atoms with Gasteiger partial charge in [0.15, 0.2) is 0 Å². The number of carbonyl (C=O) groups excluding carboxylic acids is 1. The third kappa shape index (κ3) is 3.22. The molecule has 18 heavy (non-hydrogen) atoms. The zero-order valence-electron chi connectivity index (χ0n) is 11.7. The van der Waals surface area contributed by atoms with Crippen LogP contribution in [0.3, 0.4) is 0 Å². The lowest BCUT2D eigenvalue weighted by Gasteiger charge is -2.22. The maximum absolute atomic E-state index is 12.5. The van der Waals surface area contributed by atoms with E-state index in [0.29, 0.717) is 0 Å². The van der Waals surface area contributed by atoms with Gasteiger partial charge in [-0.1, -0.05) is 38.6 Å². The van der Waals surface area contributed by atoms with Gasteiger partial charge in [-0.25, -0.2) is 0 Å². The normalized spacial score (nSPS) is 10.2. The van der Waals surface area contributed by atoms with E-state index in [2.05, 4.69) is 20.4 Å². The minimum atomic E-state index is 0.123. The van der Waals surface area contributed by atoms with Crippen molar-refractivity contribution in [2.24, 2.45) is 0 Å². The van der Waals surface area contributed by atoms with E-state index in [0.717, 1.165) is 42.6 Å².